The standard InChI is InChI=1S/C21H22FNO4/c1-4-18(24)14-5-7-15(8-6-14)19(25)23-13-21(2,20(26)27-3)16-9-11-17(22)12-10-16/h5-12H,4,13H2,1-3H3,(H,23,25). The number of nitrogens with one attached hydrogen (secondary N) is 1. The minimum absolute atomic E-state index is 0.00321. The van der Waals surface area contributed by atoms with Crippen LogP contribution in [0.15, 0.2) is 48.5 Å². The molecular formula is C21H22FNO4. The first-order chi connectivity index (χ1) is 12.8. The number of esters is 1. The predicted molar refractivity (Wildman–Crippen MR) is 99.2 cm³/mol. The summed E-state index contributed by atoms with van der Waals surface area (Å²) in [6, 6.07) is 11.8. The van der Waals surface area contributed by atoms with Crippen LogP contribution in [0, 0.1) is 5.82 Å². The molecule has 0 bridgehead atoms. The summed E-state index contributed by atoms with van der Waals surface area (Å²) in [6.45, 7) is 3.36. The van der Waals surface area contributed by atoms with Crippen molar-refractivity contribution in [1.29, 1.82) is 0 Å². The van der Waals surface area contributed by atoms with Crippen molar-refractivity contribution in [2.24, 2.45) is 0 Å². The lowest BCUT2D eigenvalue weighted by molar-refractivity contribution is -0.146. The summed E-state index contributed by atoms with van der Waals surface area (Å²) in [7, 11) is 1.26. The minimum Gasteiger partial charge on any atom is -0.468 e. The first kappa shape index (κ1) is 20.3. The highest BCUT2D eigenvalue weighted by Crippen LogP contribution is 2.25. The molecule has 0 fully saturated rings. The van der Waals surface area contributed by atoms with Gasteiger partial charge in [-0.2, -0.15) is 0 Å². The molecule has 2 aromatic carbocycles. The van der Waals surface area contributed by atoms with Crippen LogP contribution >= 0.6 is 0 Å². The maximum atomic E-state index is 13.2. The summed E-state index contributed by atoms with van der Waals surface area (Å²) in [5.41, 5.74) is 0.268. The first-order valence-electron chi connectivity index (χ1n) is 8.57. The average Bonchev–Trinajstić information content (AvgIpc) is 2.71. The molecule has 0 heterocycles. The van der Waals surface area contributed by atoms with Crippen molar-refractivity contribution >= 4 is 17.7 Å². The zero-order valence-electron chi connectivity index (χ0n) is 15.5. The summed E-state index contributed by atoms with van der Waals surface area (Å²) in [6.07, 6.45) is 0.390. The van der Waals surface area contributed by atoms with Crippen LogP contribution in [0.25, 0.3) is 0 Å². The van der Waals surface area contributed by atoms with Crippen molar-refractivity contribution in [1.82, 2.24) is 5.32 Å². The van der Waals surface area contributed by atoms with Crippen LogP contribution in [0.4, 0.5) is 4.39 Å². The van der Waals surface area contributed by atoms with Gasteiger partial charge in [-0.05, 0) is 36.8 Å². The van der Waals surface area contributed by atoms with E-state index in [1.54, 1.807) is 38.1 Å². The smallest absolute Gasteiger partial charge is 0.317 e. The summed E-state index contributed by atoms with van der Waals surface area (Å²) >= 11 is 0. The van der Waals surface area contributed by atoms with E-state index in [0.29, 0.717) is 23.1 Å². The zero-order chi connectivity index (χ0) is 20.0. The van der Waals surface area contributed by atoms with Crippen molar-refractivity contribution in [3.63, 3.8) is 0 Å². The third-order valence-electron chi connectivity index (χ3n) is 4.51. The van der Waals surface area contributed by atoms with Gasteiger partial charge >= 0.3 is 5.97 Å². The lowest BCUT2D eigenvalue weighted by Gasteiger charge is -2.27. The Bertz CT molecular complexity index is 830. The third kappa shape index (κ3) is 4.58. The number of methoxy groups -OCH3 is 1. The maximum absolute atomic E-state index is 13.2. The Hall–Kier alpha value is -3.02. The fourth-order valence-electron chi connectivity index (χ4n) is 2.71. The van der Waals surface area contributed by atoms with Crippen LogP contribution in [-0.4, -0.2) is 31.3 Å². The van der Waals surface area contributed by atoms with Gasteiger partial charge in [-0.1, -0.05) is 31.2 Å². The molecule has 1 amide bonds. The van der Waals surface area contributed by atoms with E-state index in [4.69, 9.17) is 4.74 Å². The van der Waals surface area contributed by atoms with E-state index < -0.39 is 17.2 Å². The SMILES string of the molecule is CCC(=O)c1ccc(C(=O)NCC(C)(C(=O)OC)c2ccc(F)cc2)cc1. The predicted octanol–water partition coefficient (Wildman–Crippen LogP) is 3.28. The Morgan fingerprint density at radius 2 is 1.56 bits per heavy atom. The molecule has 27 heavy (non-hydrogen) atoms. The number of hydrogen-bond donors (Lipinski definition) is 1. The molecule has 6 heteroatoms. The van der Waals surface area contributed by atoms with E-state index >= 15 is 0 Å². The van der Waals surface area contributed by atoms with Crippen LogP contribution in [0.1, 0.15) is 46.5 Å². The molecule has 0 spiro atoms. The van der Waals surface area contributed by atoms with Crippen LogP contribution in [0.2, 0.25) is 0 Å². The summed E-state index contributed by atoms with van der Waals surface area (Å²) < 4.78 is 18.1. The van der Waals surface area contributed by atoms with Crippen molar-refractivity contribution in [3.05, 3.63) is 71.0 Å². The number of benzene rings is 2. The highest BCUT2D eigenvalue weighted by molar-refractivity contribution is 5.99. The van der Waals surface area contributed by atoms with E-state index in [-0.39, 0.29) is 18.2 Å². The number of halogens is 1. The van der Waals surface area contributed by atoms with Gasteiger partial charge in [-0.15, -0.1) is 0 Å². The van der Waals surface area contributed by atoms with E-state index in [2.05, 4.69) is 5.32 Å². The highest BCUT2D eigenvalue weighted by Gasteiger charge is 2.37. The monoisotopic (exact) mass is 371 g/mol. The number of carbonyl (C=O) groups is 3. The lowest BCUT2D eigenvalue weighted by atomic mass is 9.82. The molecule has 142 valence electrons. The molecule has 1 N–H and O–H groups in total. The van der Waals surface area contributed by atoms with E-state index in [1.165, 1.54) is 31.4 Å². The molecule has 0 aliphatic heterocycles. The molecule has 2 rings (SSSR count). The minimum atomic E-state index is -1.17. The number of ether oxygens (including phenoxy) is 1. The van der Waals surface area contributed by atoms with Gasteiger partial charge in [0.25, 0.3) is 5.91 Å². The summed E-state index contributed by atoms with van der Waals surface area (Å²) in [5, 5.41) is 2.71. The van der Waals surface area contributed by atoms with Crippen LogP contribution in [-0.2, 0) is 14.9 Å². The molecule has 0 aromatic heterocycles. The van der Waals surface area contributed by atoms with Crippen LogP contribution < -0.4 is 5.32 Å². The Kier molecular flexibility index (Phi) is 6.45. The molecule has 0 saturated carbocycles. The Labute approximate surface area is 157 Å². The lowest BCUT2D eigenvalue weighted by Crippen LogP contribution is -2.45. The molecule has 2 aromatic rings. The molecule has 0 saturated heterocycles. The maximum Gasteiger partial charge on any atom is 0.317 e. The fourth-order valence-corrected chi connectivity index (χ4v) is 2.71. The highest BCUT2D eigenvalue weighted by atomic mass is 19.1. The zero-order valence-corrected chi connectivity index (χ0v) is 15.5. The molecule has 1 atom stereocenters. The van der Waals surface area contributed by atoms with Gasteiger partial charge in [0.15, 0.2) is 5.78 Å². The van der Waals surface area contributed by atoms with Gasteiger partial charge in [0, 0.05) is 24.1 Å². The van der Waals surface area contributed by atoms with Gasteiger partial charge in [0.05, 0.1) is 7.11 Å². The Balaban J connectivity index is 2.17. The van der Waals surface area contributed by atoms with E-state index in [9.17, 15) is 18.8 Å². The molecule has 0 radical (unpaired) electrons. The van der Waals surface area contributed by atoms with Gasteiger partial charge in [-0.3, -0.25) is 14.4 Å². The second kappa shape index (κ2) is 8.58. The Morgan fingerprint density at radius 3 is 2.07 bits per heavy atom. The first-order valence-corrected chi connectivity index (χ1v) is 8.57. The molecular weight excluding hydrogens is 349 g/mol. The Morgan fingerprint density at radius 1 is 1.00 bits per heavy atom. The van der Waals surface area contributed by atoms with E-state index in [0.717, 1.165) is 0 Å². The third-order valence-corrected chi connectivity index (χ3v) is 4.51. The van der Waals surface area contributed by atoms with Crippen LogP contribution in [0.5, 0.6) is 0 Å². The molecule has 5 nitrogen and oxygen atoms in total. The molecule has 0 aliphatic rings. The number of amides is 1. The number of carbonyl (C=O) groups excluding carboxylic acids is 3. The average molecular weight is 371 g/mol. The van der Waals surface area contributed by atoms with Crippen molar-refractivity contribution in [2.75, 3.05) is 13.7 Å². The number of hydrogen-bond acceptors (Lipinski definition) is 4. The van der Waals surface area contributed by atoms with Gasteiger partial charge in [0.1, 0.15) is 11.2 Å². The normalized spacial score (nSPS) is 12.7. The van der Waals surface area contributed by atoms with E-state index in [1.807, 2.05) is 0 Å². The number of rotatable bonds is 7. The summed E-state index contributed by atoms with van der Waals surface area (Å²) in [4.78, 5) is 36.4. The summed E-state index contributed by atoms with van der Waals surface area (Å²) in [5.74, 6) is -1.35. The fraction of sp³-hybridized carbons (Fsp3) is 0.286. The number of ketones is 1. The molecule has 1 unspecified atom stereocenters. The van der Waals surface area contributed by atoms with Crippen molar-refractivity contribution in [2.45, 2.75) is 25.7 Å². The van der Waals surface area contributed by atoms with Gasteiger partial charge < -0.3 is 10.1 Å². The van der Waals surface area contributed by atoms with Crippen molar-refractivity contribution in [3.8, 4) is 0 Å². The quantitative estimate of drug-likeness (QED) is 0.599. The van der Waals surface area contributed by atoms with Gasteiger partial charge in [-0.25, -0.2) is 4.39 Å². The van der Waals surface area contributed by atoms with Crippen molar-refractivity contribution < 1.29 is 23.5 Å². The second-order valence-electron chi connectivity index (χ2n) is 6.37. The van der Waals surface area contributed by atoms with Gasteiger partial charge in [0.2, 0.25) is 0 Å². The second-order valence-corrected chi connectivity index (χ2v) is 6.37. The largest absolute Gasteiger partial charge is 0.468 e. The van der Waals surface area contributed by atoms with Crippen LogP contribution in [0.3, 0.4) is 0 Å². The topological polar surface area (TPSA) is 72.5 Å². The molecule has 0 aliphatic carbocycles. The number of Topliss-reactive ketones (excluding diaryl/α,β-unsaturated/α-hetero) is 1.